The van der Waals surface area contributed by atoms with Gasteiger partial charge in [0.15, 0.2) is 0 Å². The molecule has 0 saturated carbocycles. The normalized spacial score (nSPS) is 11.0. The lowest BCUT2D eigenvalue weighted by atomic mass is 9.98. The highest BCUT2D eigenvalue weighted by molar-refractivity contribution is 5.99. The second kappa shape index (κ2) is 6.13. The largest absolute Gasteiger partial charge is 0.493 e. The van der Waals surface area contributed by atoms with Crippen LogP contribution in [0.25, 0.3) is 21.5 Å². The summed E-state index contributed by atoms with van der Waals surface area (Å²) in [4.78, 5) is 0. The van der Waals surface area contributed by atoms with Crippen LogP contribution in [-0.2, 0) is 6.42 Å². The summed E-state index contributed by atoms with van der Waals surface area (Å²) in [6, 6.07) is 29.6. The molecule has 0 saturated heterocycles. The molecule has 0 aliphatic heterocycles. The third kappa shape index (κ3) is 2.91. The van der Waals surface area contributed by atoms with Crippen molar-refractivity contribution >= 4 is 21.5 Å². The van der Waals surface area contributed by atoms with Gasteiger partial charge in [-0.1, -0.05) is 60.7 Å². The van der Waals surface area contributed by atoms with Gasteiger partial charge in [-0.3, -0.25) is 0 Å². The summed E-state index contributed by atoms with van der Waals surface area (Å²) in [5, 5.41) is 5.19. The van der Waals surface area contributed by atoms with Crippen molar-refractivity contribution < 1.29 is 4.74 Å². The predicted octanol–water partition coefficient (Wildman–Crippen LogP) is 5.61. The summed E-state index contributed by atoms with van der Waals surface area (Å²) < 4.78 is 5.85. The molecule has 4 aromatic rings. The topological polar surface area (TPSA) is 9.23 Å². The van der Waals surface area contributed by atoms with Gasteiger partial charge in [-0.2, -0.15) is 0 Å². The molecule has 0 spiro atoms. The average molecular weight is 298 g/mol. The minimum absolute atomic E-state index is 0.690. The van der Waals surface area contributed by atoms with E-state index >= 15 is 0 Å². The van der Waals surface area contributed by atoms with E-state index in [9.17, 15) is 0 Å². The first kappa shape index (κ1) is 13.8. The van der Waals surface area contributed by atoms with E-state index in [4.69, 9.17) is 4.74 Å². The summed E-state index contributed by atoms with van der Waals surface area (Å²) >= 11 is 0. The quantitative estimate of drug-likeness (QED) is 0.445. The molecule has 0 aliphatic carbocycles. The first-order chi connectivity index (χ1) is 11.4. The SMILES string of the molecule is c1ccc(OCCc2cccc3cc4ccccc4cc23)cc1. The maximum atomic E-state index is 5.85. The fourth-order valence-corrected chi connectivity index (χ4v) is 3.05. The van der Waals surface area contributed by atoms with Crippen LogP contribution in [0.3, 0.4) is 0 Å². The van der Waals surface area contributed by atoms with E-state index in [0.717, 1.165) is 12.2 Å². The Morgan fingerprint density at radius 3 is 2.13 bits per heavy atom. The van der Waals surface area contributed by atoms with Crippen molar-refractivity contribution in [1.82, 2.24) is 0 Å². The van der Waals surface area contributed by atoms with E-state index in [0.29, 0.717) is 6.61 Å². The third-order valence-corrected chi connectivity index (χ3v) is 4.22. The molecule has 23 heavy (non-hydrogen) atoms. The van der Waals surface area contributed by atoms with Gasteiger partial charge in [-0.05, 0) is 51.4 Å². The Labute approximate surface area is 136 Å². The van der Waals surface area contributed by atoms with Crippen molar-refractivity contribution in [2.75, 3.05) is 6.61 Å². The van der Waals surface area contributed by atoms with Crippen LogP contribution in [0.4, 0.5) is 0 Å². The van der Waals surface area contributed by atoms with Crippen LogP contribution in [0, 0.1) is 0 Å². The second-order valence-corrected chi connectivity index (χ2v) is 5.75. The van der Waals surface area contributed by atoms with Crippen molar-refractivity contribution in [3.8, 4) is 5.75 Å². The molecule has 0 atom stereocenters. The Morgan fingerprint density at radius 2 is 1.30 bits per heavy atom. The maximum absolute atomic E-state index is 5.85. The molecule has 4 aromatic carbocycles. The highest BCUT2D eigenvalue weighted by Crippen LogP contribution is 2.26. The monoisotopic (exact) mass is 298 g/mol. The standard InChI is InChI=1S/C22H18O/c1-2-11-21(12-3-1)23-14-13-17-9-6-10-20-15-18-7-4-5-8-19(18)16-22(17)20/h1-12,15-16H,13-14H2. The molecule has 0 aromatic heterocycles. The molecular formula is C22H18O. The van der Waals surface area contributed by atoms with Crippen molar-refractivity contribution in [3.05, 3.63) is 90.5 Å². The van der Waals surface area contributed by atoms with Gasteiger partial charge in [0.05, 0.1) is 6.61 Å². The van der Waals surface area contributed by atoms with Crippen molar-refractivity contribution in [2.45, 2.75) is 6.42 Å². The fourth-order valence-electron chi connectivity index (χ4n) is 3.05. The van der Waals surface area contributed by atoms with Gasteiger partial charge in [0, 0.05) is 6.42 Å². The Bertz CT molecular complexity index is 942. The molecule has 0 amide bonds. The molecule has 0 radical (unpaired) electrons. The van der Waals surface area contributed by atoms with Gasteiger partial charge in [-0.25, -0.2) is 0 Å². The van der Waals surface area contributed by atoms with Crippen molar-refractivity contribution in [3.63, 3.8) is 0 Å². The van der Waals surface area contributed by atoms with E-state index in [2.05, 4.69) is 54.6 Å². The van der Waals surface area contributed by atoms with Crippen LogP contribution < -0.4 is 4.74 Å². The third-order valence-electron chi connectivity index (χ3n) is 4.22. The number of benzene rings is 4. The molecule has 0 unspecified atom stereocenters. The smallest absolute Gasteiger partial charge is 0.119 e. The van der Waals surface area contributed by atoms with Crippen molar-refractivity contribution in [1.29, 1.82) is 0 Å². The summed E-state index contributed by atoms with van der Waals surface area (Å²) in [7, 11) is 0. The van der Waals surface area contributed by atoms with Crippen LogP contribution in [-0.4, -0.2) is 6.61 Å². The molecule has 4 rings (SSSR count). The zero-order valence-electron chi connectivity index (χ0n) is 12.9. The van der Waals surface area contributed by atoms with Gasteiger partial charge in [0.2, 0.25) is 0 Å². The van der Waals surface area contributed by atoms with Gasteiger partial charge in [0.25, 0.3) is 0 Å². The summed E-state index contributed by atoms with van der Waals surface area (Å²) in [6.45, 7) is 0.690. The highest BCUT2D eigenvalue weighted by Gasteiger charge is 2.03. The van der Waals surface area contributed by atoms with Gasteiger partial charge in [0.1, 0.15) is 5.75 Å². The highest BCUT2D eigenvalue weighted by atomic mass is 16.5. The molecule has 0 bridgehead atoms. The Morgan fingerprint density at radius 1 is 0.609 bits per heavy atom. The lowest BCUT2D eigenvalue weighted by Crippen LogP contribution is -2.01. The van der Waals surface area contributed by atoms with Crippen LogP contribution in [0.1, 0.15) is 5.56 Å². The minimum atomic E-state index is 0.690. The van der Waals surface area contributed by atoms with Crippen LogP contribution in [0.5, 0.6) is 5.75 Å². The first-order valence-corrected chi connectivity index (χ1v) is 7.98. The Balaban J connectivity index is 1.62. The average Bonchev–Trinajstić information content (AvgIpc) is 2.61. The Hall–Kier alpha value is -2.80. The van der Waals surface area contributed by atoms with Crippen LogP contribution >= 0.6 is 0 Å². The van der Waals surface area contributed by atoms with E-state index < -0.39 is 0 Å². The molecule has 1 heteroatoms. The van der Waals surface area contributed by atoms with Crippen molar-refractivity contribution in [2.24, 2.45) is 0 Å². The Kier molecular flexibility index (Phi) is 3.69. The number of rotatable bonds is 4. The number of ether oxygens (including phenoxy) is 1. The molecule has 0 N–H and O–H groups in total. The lowest BCUT2D eigenvalue weighted by molar-refractivity contribution is 0.322. The fraction of sp³-hybridized carbons (Fsp3) is 0.0909. The predicted molar refractivity (Wildman–Crippen MR) is 97.1 cm³/mol. The maximum Gasteiger partial charge on any atom is 0.119 e. The number of para-hydroxylation sites is 1. The first-order valence-electron chi connectivity index (χ1n) is 7.98. The van der Waals surface area contributed by atoms with E-state index in [1.165, 1.54) is 27.1 Å². The minimum Gasteiger partial charge on any atom is -0.493 e. The molecular weight excluding hydrogens is 280 g/mol. The van der Waals surface area contributed by atoms with Crippen LogP contribution in [0.15, 0.2) is 84.9 Å². The van der Waals surface area contributed by atoms with Gasteiger partial charge in [-0.15, -0.1) is 0 Å². The molecule has 0 fully saturated rings. The molecule has 0 heterocycles. The number of hydrogen-bond acceptors (Lipinski definition) is 1. The van der Waals surface area contributed by atoms with E-state index in [1.54, 1.807) is 0 Å². The van der Waals surface area contributed by atoms with E-state index in [-0.39, 0.29) is 0 Å². The van der Waals surface area contributed by atoms with Crippen LogP contribution in [0.2, 0.25) is 0 Å². The number of fused-ring (bicyclic) bond motifs is 2. The molecule has 1 nitrogen and oxygen atoms in total. The number of hydrogen-bond donors (Lipinski definition) is 0. The molecule has 112 valence electrons. The second-order valence-electron chi connectivity index (χ2n) is 5.75. The lowest BCUT2D eigenvalue weighted by Gasteiger charge is -2.10. The zero-order chi connectivity index (χ0) is 15.5. The van der Waals surface area contributed by atoms with Gasteiger partial charge >= 0.3 is 0 Å². The summed E-state index contributed by atoms with van der Waals surface area (Å²) in [6.07, 6.45) is 0.907. The summed E-state index contributed by atoms with van der Waals surface area (Å²) in [5.41, 5.74) is 1.34. The van der Waals surface area contributed by atoms with E-state index in [1.807, 2.05) is 30.3 Å². The molecule has 0 aliphatic rings. The van der Waals surface area contributed by atoms with Gasteiger partial charge < -0.3 is 4.74 Å². The zero-order valence-corrected chi connectivity index (χ0v) is 12.9. The summed E-state index contributed by atoms with van der Waals surface area (Å²) in [5.74, 6) is 0.929.